The Morgan fingerprint density at radius 3 is 2.75 bits per heavy atom. The molecule has 0 bridgehead atoms. The van der Waals surface area contributed by atoms with E-state index in [9.17, 15) is 8.42 Å². The highest BCUT2D eigenvalue weighted by Crippen LogP contribution is 2.08. The van der Waals surface area contributed by atoms with Crippen molar-refractivity contribution in [3.63, 3.8) is 0 Å². The van der Waals surface area contributed by atoms with E-state index in [0.29, 0.717) is 6.54 Å². The van der Waals surface area contributed by atoms with Crippen LogP contribution >= 0.6 is 24.0 Å². The second kappa shape index (κ2) is 7.82. The summed E-state index contributed by atoms with van der Waals surface area (Å²) in [6.45, 7) is 2.44. The van der Waals surface area contributed by atoms with Gasteiger partial charge in [-0.05, 0) is 17.5 Å². The monoisotopic (exact) mass is 409 g/mol. The standard InChI is InChI=1S/C13H19N3O2S.HI/c1-19(17,18)10-12-5-2-4-11(8-12)9-16-13-14-6-3-7-15-13;/h2,4-5,8H,3,6-7,9-10H2,1H3,(H2,14,15,16);1H. The zero-order valence-corrected chi connectivity index (χ0v) is 14.6. The molecule has 0 amide bonds. The lowest BCUT2D eigenvalue weighted by molar-refractivity contribution is 0.601. The topological polar surface area (TPSA) is 70.6 Å². The number of aliphatic imine (C=N–C) groups is 1. The van der Waals surface area contributed by atoms with E-state index in [-0.39, 0.29) is 29.7 Å². The van der Waals surface area contributed by atoms with Crippen LogP contribution in [0.5, 0.6) is 0 Å². The molecule has 1 aromatic carbocycles. The van der Waals surface area contributed by atoms with E-state index in [1.807, 2.05) is 24.3 Å². The molecule has 0 aromatic heterocycles. The summed E-state index contributed by atoms with van der Waals surface area (Å²) in [6, 6.07) is 7.61. The first-order valence-corrected chi connectivity index (χ1v) is 8.37. The number of sulfone groups is 1. The molecule has 2 N–H and O–H groups in total. The largest absolute Gasteiger partial charge is 0.356 e. The fourth-order valence-corrected chi connectivity index (χ4v) is 2.75. The van der Waals surface area contributed by atoms with Gasteiger partial charge in [0.15, 0.2) is 15.8 Å². The molecule has 0 spiro atoms. The van der Waals surface area contributed by atoms with E-state index in [4.69, 9.17) is 0 Å². The molecule has 0 atom stereocenters. The van der Waals surface area contributed by atoms with Gasteiger partial charge in [-0.25, -0.2) is 8.42 Å². The van der Waals surface area contributed by atoms with Crippen LogP contribution in [-0.2, 0) is 22.1 Å². The lowest BCUT2D eigenvalue weighted by Crippen LogP contribution is -2.40. The highest BCUT2D eigenvalue weighted by molar-refractivity contribution is 14.0. The van der Waals surface area contributed by atoms with Crippen molar-refractivity contribution in [1.82, 2.24) is 10.6 Å². The number of hydrogen-bond acceptors (Lipinski definition) is 5. The van der Waals surface area contributed by atoms with Gasteiger partial charge >= 0.3 is 0 Å². The zero-order chi connectivity index (χ0) is 13.7. The van der Waals surface area contributed by atoms with Crippen LogP contribution < -0.4 is 10.6 Å². The number of halogens is 1. The maximum atomic E-state index is 11.3. The average Bonchev–Trinajstić information content (AvgIpc) is 2.36. The van der Waals surface area contributed by atoms with Crippen LogP contribution in [0.2, 0.25) is 0 Å². The predicted octanol–water partition coefficient (Wildman–Crippen LogP) is 1.29. The summed E-state index contributed by atoms with van der Waals surface area (Å²) in [6.07, 6.45) is 2.31. The maximum absolute atomic E-state index is 11.3. The van der Waals surface area contributed by atoms with Crippen LogP contribution in [-0.4, -0.2) is 33.7 Å². The Morgan fingerprint density at radius 1 is 1.35 bits per heavy atom. The summed E-state index contributed by atoms with van der Waals surface area (Å²) < 4.78 is 22.5. The molecule has 0 saturated carbocycles. The Morgan fingerprint density at radius 2 is 2.10 bits per heavy atom. The molecule has 20 heavy (non-hydrogen) atoms. The molecule has 1 aliphatic heterocycles. The third-order valence-electron chi connectivity index (χ3n) is 2.78. The SMILES string of the molecule is CS(=O)(=O)Cc1cccc(CNC2=NCCCN2)c1.I. The van der Waals surface area contributed by atoms with E-state index in [2.05, 4.69) is 15.6 Å². The molecule has 112 valence electrons. The summed E-state index contributed by atoms with van der Waals surface area (Å²) in [4.78, 5) is 4.32. The smallest absolute Gasteiger partial charge is 0.191 e. The average molecular weight is 409 g/mol. The number of rotatable bonds is 4. The van der Waals surface area contributed by atoms with Crippen LogP contribution in [0.25, 0.3) is 0 Å². The highest BCUT2D eigenvalue weighted by atomic mass is 127. The minimum absolute atomic E-state index is 0. The normalized spacial score (nSPS) is 14.8. The van der Waals surface area contributed by atoms with Gasteiger partial charge in [0.05, 0.1) is 5.75 Å². The second-order valence-corrected chi connectivity index (χ2v) is 6.89. The molecule has 1 aliphatic rings. The molecule has 0 radical (unpaired) electrons. The Bertz CT molecular complexity index is 573. The molecule has 0 fully saturated rings. The summed E-state index contributed by atoms with van der Waals surface area (Å²) in [7, 11) is -2.99. The lowest BCUT2D eigenvalue weighted by atomic mass is 10.1. The Hall–Kier alpha value is -0.830. The summed E-state index contributed by atoms with van der Waals surface area (Å²) >= 11 is 0. The summed E-state index contributed by atoms with van der Waals surface area (Å²) in [5.41, 5.74) is 1.87. The van der Waals surface area contributed by atoms with Crippen LogP contribution in [0.4, 0.5) is 0 Å². The van der Waals surface area contributed by atoms with Gasteiger partial charge in [0.1, 0.15) is 0 Å². The maximum Gasteiger partial charge on any atom is 0.191 e. The van der Waals surface area contributed by atoms with Crippen molar-refractivity contribution in [3.8, 4) is 0 Å². The summed E-state index contributed by atoms with van der Waals surface area (Å²) in [5, 5.41) is 6.40. The van der Waals surface area contributed by atoms with Crippen LogP contribution in [0.3, 0.4) is 0 Å². The lowest BCUT2D eigenvalue weighted by Gasteiger charge is -2.16. The highest BCUT2D eigenvalue weighted by Gasteiger charge is 2.06. The van der Waals surface area contributed by atoms with Gasteiger partial charge in [-0.3, -0.25) is 4.99 Å². The summed E-state index contributed by atoms with van der Waals surface area (Å²) in [5.74, 6) is 0.903. The molecule has 0 unspecified atom stereocenters. The molecule has 0 aliphatic carbocycles. The van der Waals surface area contributed by atoms with Crippen LogP contribution in [0, 0.1) is 0 Å². The zero-order valence-electron chi connectivity index (χ0n) is 11.4. The van der Waals surface area contributed by atoms with Crippen molar-refractivity contribution in [2.24, 2.45) is 4.99 Å². The van der Waals surface area contributed by atoms with Gasteiger partial charge < -0.3 is 10.6 Å². The molecule has 0 saturated heterocycles. The van der Waals surface area contributed by atoms with Crippen molar-refractivity contribution in [1.29, 1.82) is 0 Å². The molecule has 1 heterocycles. The fourth-order valence-electron chi connectivity index (χ4n) is 1.97. The molecule has 2 rings (SSSR count). The number of nitrogens with one attached hydrogen (secondary N) is 2. The van der Waals surface area contributed by atoms with Gasteiger partial charge in [0.2, 0.25) is 0 Å². The van der Waals surface area contributed by atoms with E-state index in [1.165, 1.54) is 6.26 Å². The van der Waals surface area contributed by atoms with Gasteiger partial charge in [0, 0.05) is 25.9 Å². The van der Waals surface area contributed by atoms with Gasteiger partial charge in [-0.2, -0.15) is 0 Å². The van der Waals surface area contributed by atoms with Crippen molar-refractivity contribution in [2.45, 2.75) is 18.7 Å². The third kappa shape index (κ3) is 6.08. The van der Waals surface area contributed by atoms with Gasteiger partial charge in [0.25, 0.3) is 0 Å². The first-order chi connectivity index (χ1) is 9.03. The van der Waals surface area contributed by atoms with Gasteiger partial charge in [-0.15, -0.1) is 24.0 Å². The Kier molecular flexibility index (Phi) is 6.74. The van der Waals surface area contributed by atoms with Crippen LogP contribution in [0.1, 0.15) is 17.5 Å². The number of benzene rings is 1. The number of nitrogens with zero attached hydrogens (tertiary/aromatic N) is 1. The number of guanidine groups is 1. The Labute approximate surface area is 137 Å². The van der Waals surface area contributed by atoms with E-state index in [1.54, 1.807) is 0 Å². The van der Waals surface area contributed by atoms with Crippen LogP contribution in [0.15, 0.2) is 29.3 Å². The fraction of sp³-hybridized carbons (Fsp3) is 0.462. The first kappa shape index (κ1) is 17.2. The van der Waals surface area contributed by atoms with E-state index in [0.717, 1.165) is 36.6 Å². The molecule has 7 heteroatoms. The minimum atomic E-state index is -2.99. The van der Waals surface area contributed by atoms with E-state index < -0.39 is 9.84 Å². The second-order valence-electron chi connectivity index (χ2n) is 4.75. The van der Waals surface area contributed by atoms with Crippen molar-refractivity contribution < 1.29 is 8.42 Å². The van der Waals surface area contributed by atoms with Gasteiger partial charge in [-0.1, -0.05) is 24.3 Å². The molecular weight excluding hydrogens is 389 g/mol. The molecule has 1 aromatic rings. The first-order valence-electron chi connectivity index (χ1n) is 6.31. The predicted molar refractivity (Wildman–Crippen MR) is 92.2 cm³/mol. The molecular formula is C13H20IN3O2S. The van der Waals surface area contributed by atoms with Crippen molar-refractivity contribution >= 4 is 39.8 Å². The van der Waals surface area contributed by atoms with Crippen molar-refractivity contribution in [2.75, 3.05) is 19.3 Å². The van der Waals surface area contributed by atoms with E-state index >= 15 is 0 Å². The molecule has 5 nitrogen and oxygen atoms in total. The quantitative estimate of drug-likeness (QED) is 0.736. The van der Waals surface area contributed by atoms with Crippen molar-refractivity contribution in [3.05, 3.63) is 35.4 Å². The Balaban J connectivity index is 0.00000200. The number of hydrogen-bond donors (Lipinski definition) is 2. The minimum Gasteiger partial charge on any atom is -0.356 e. The third-order valence-corrected chi connectivity index (χ3v) is 3.64.